The van der Waals surface area contributed by atoms with E-state index in [1.54, 1.807) is 18.4 Å². The molecule has 2 aromatic rings. The number of nitrogens with one attached hydrogen (secondary N) is 2. The number of nitrogens with zero attached hydrogens (tertiary/aromatic N) is 1. The number of amides is 1. The summed E-state index contributed by atoms with van der Waals surface area (Å²) in [6.45, 7) is 4.48. The lowest BCUT2D eigenvalue weighted by atomic mass is 10.1. The van der Waals surface area contributed by atoms with Gasteiger partial charge in [0.25, 0.3) is 5.91 Å². The zero-order valence-corrected chi connectivity index (χ0v) is 17.7. The Bertz CT molecular complexity index is 941. The molecule has 0 spiro atoms. The molecule has 0 aliphatic carbocycles. The summed E-state index contributed by atoms with van der Waals surface area (Å²) in [5, 5.41) is 6.01. The lowest BCUT2D eigenvalue weighted by Crippen LogP contribution is -2.41. The number of hydrogen-bond acceptors (Lipinski definition) is 7. The molecule has 1 amide bonds. The fourth-order valence-electron chi connectivity index (χ4n) is 3.01. The molecule has 0 atom stereocenters. The summed E-state index contributed by atoms with van der Waals surface area (Å²) >= 11 is 6.16. The van der Waals surface area contributed by atoms with Crippen molar-refractivity contribution in [2.75, 3.05) is 51.0 Å². The fraction of sp³-hybridized carbons (Fsp3) is 0.421. The van der Waals surface area contributed by atoms with Gasteiger partial charge in [-0.2, -0.15) is 0 Å². The van der Waals surface area contributed by atoms with Crippen LogP contribution in [0.15, 0.2) is 39.8 Å². The first-order chi connectivity index (χ1) is 13.8. The van der Waals surface area contributed by atoms with Crippen molar-refractivity contribution in [2.45, 2.75) is 11.4 Å². The Labute approximate surface area is 175 Å². The van der Waals surface area contributed by atoms with Gasteiger partial charge in [0.1, 0.15) is 5.76 Å². The second kappa shape index (κ2) is 9.62. The topological polar surface area (TPSA) is 101 Å². The summed E-state index contributed by atoms with van der Waals surface area (Å²) in [6.07, 6.45) is 2.61. The Kier molecular flexibility index (Phi) is 7.18. The molecular weight excluding hydrogens is 418 g/mol. The minimum absolute atomic E-state index is 0.0549. The first-order valence-electron chi connectivity index (χ1n) is 9.23. The van der Waals surface area contributed by atoms with Crippen molar-refractivity contribution in [1.82, 2.24) is 10.2 Å². The van der Waals surface area contributed by atoms with E-state index in [0.29, 0.717) is 44.3 Å². The Balaban J connectivity index is 1.75. The molecule has 29 heavy (non-hydrogen) atoms. The highest BCUT2D eigenvalue weighted by Gasteiger charge is 2.20. The minimum Gasteiger partial charge on any atom is -0.467 e. The Morgan fingerprint density at radius 3 is 2.69 bits per heavy atom. The van der Waals surface area contributed by atoms with Gasteiger partial charge < -0.3 is 19.8 Å². The molecular formula is C19H24ClN3O5S. The molecule has 3 rings (SSSR count). The second-order valence-corrected chi connectivity index (χ2v) is 9.13. The van der Waals surface area contributed by atoms with E-state index in [4.69, 9.17) is 20.8 Å². The molecule has 8 nitrogen and oxygen atoms in total. The molecule has 2 N–H and O–H groups in total. The third kappa shape index (κ3) is 5.96. The van der Waals surface area contributed by atoms with Gasteiger partial charge in [-0.1, -0.05) is 11.6 Å². The number of rotatable bonds is 8. The first-order valence-corrected chi connectivity index (χ1v) is 11.5. The van der Waals surface area contributed by atoms with Crippen molar-refractivity contribution >= 4 is 33.0 Å². The standard InChI is InChI=1S/C19H24ClN3O5S/c1-29(25,26)18-11-15(19(24)21-4-5-23-6-9-27-10-7-23)17(12-16(18)20)22-13-14-3-2-8-28-14/h2-3,8,11-12,22H,4-7,9-10,13H2,1H3,(H,21,24). The second-order valence-electron chi connectivity index (χ2n) is 6.74. The fourth-order valence-corrected chi connectivity index (χ4v) is 4.34. The van der Waals surface area contributed by atoms with Crippen LogP contribution in [0.4, 0.5) is 5.69 Å². The van der Waals surface area contributed by atoms with Crippen LogP contribution in [-0.2, 0) is 21.1 Å². The summed E-state index contributed by atoms with van der Waals surface area (Å²) in [5.74, 6) is 0.300. The highest BCUT2D eigenvalue weighted by atomic mass is 35.5. The van der Waals surface area contributed by atoms with Crippen LogP contribution >= 0.6 is 11.6 Å². The predicted octanol–water partition coefficient (Wildman–Crippen LogP) is 2.01. The summed E-state index contributed by atoms with van der Waals surface area (Å²) in [7, 11) is -3.58. The van der Waals surface area contributed by atoms with Crippen molar-refractivity contribution in [3.05, 3.63) is 46.9 Å². The highest BCUT2D eigenvalue weighted by Crippen LogP contribution is 2.29. The van der Waals surface area contributed by atoms with Gasteiger partial charge in [-0.3, -0.25) is 9.69 Å². The lowest BCUT2D eigenvalue weighted by molar-refractivity contribution is 0.0383. The van der Waals surface area contributed by atoms with Gasteiger partial charge in [0.2, 0.25) is 0 Å². The van der Waals surface area contributed by atoms with E-state index >= 15 is 0 Å². The van der Waals surface area contributed by atoms with Crippen LogP contribution in [0.25, 0.3) is 0 Å². The van der Waals surface area contributed by atoms with Gasteiger partial charge in [-0.15, -0.1) is 0 Å². The molecule has 1 aliphatic rings. The average Bonchev–Trinajstić information content (AvgIpc) is 3.19. The zero-order valence-electron chi connectivity index (χ0n) is 16.1. The van der Waals surface area contributed by atoms with E-state index in [0.717, 1.165) is 19.3 Å². The number of sulfone groups is 1. The first kappa shape index (κ1) is 21.6. The third-order valence-corrected chi connectivity index (χ3v) is 6.13. The van der Waals surface area contributed by atoms with Crippen LogP contribution < -0.4 is 10.6 Å². The molecule has 0 bridgehead atoms. The van der Waals surface area contributed by atoms with Crippen LogP contribution in [0, 0.1) is 0 Å². The number of anilines is 1. The van der Waals surface area contributed by atoms with Crippen LogP contribution in [0.2, 0.25) is 5.02 Å². The largest absolute Gasteiger partial charge is 0.467 e. The van der Waals surface area contributed by atoms with E-state index in [-0.39, 0.29) is 21.4 Å². The molecule has 1 saturated heterocycles. The van der Waals surface area contributed by atoms with Gasteiger partial charge >= 0.3 is 0 Å². The average molecular weight is 442 g/mol. The Morgan fingerprint density at radius 2 is 2.03 bits per heavy atom. The summed E-state index contributed by atoms with van der Waals surface area (Å²) in [6, 6.07) is 6.32. The van der Waals surface area contributed by atoms with Crippen molar-refractivity contribution in [3.63, 3.8) is 0 Å². The smallest absolute Gasteiger partial charge is 0.253 e. The zero-order chi connectivity index (χ0) is 20.9. The molecule has 1 fully saturated rings. The van der Waals surface area contributed by atoms with Crippen molar-refractivity contribution in [3.8, 4) is 0 Å². The van der Waals surface area contributed by atoms with Gasteiger partial charge in [0.15, 0.2) is 9.84 Å². The number of morpholine rings is 1. The third-order valence-electron chi connectivity index (χ3n) is 4.57. The molecule has 1 aromatic heterocycles. The van der Waals surface area contributed by atoms with E-state index in [1.807, 2.05) is 0 Å². The Morgan fingerprint density at radius 1 is 1.28 bits per heavy atom. The number of benzene rings is 1. The van der Waals surface area contributed by atoms with E-state index in [9.17, 15) is 13.2 Å². The van der Waals surface area contributed by atoms with Gasteiger partial charge in [0.05, 0.1) is 41.5 Å². The van der Waals surface area contributed by atoms with E-state index < -0.39 is 9.84 Å². The van der Waals surface area contributed by atoms with Gasteiger partial charge in [-0.25, -0.2) is 8.42 Å². The number of halogens is 1. The van der Waals surface area contributed by atoms with Crippen LogP contribution in [0.3, 0.4) is 0 Å². The van der Waals surface area contributed by atoms with Crippen LogP contribution in [0.5, 0.6) is 0 Å². The van der Waals surface area contributed by atoms with Crippen LogP contribution in [0.1, 0.15) is 16.1 Å². The van der Waals surface area contributed by atoms with E-state index in [2.05, 4.69) is 15.5 Å². The summed E-state index contributed by atoms with van der Waals surface area (Å²) in [5.41, 5.74) is 0.644. The number of ether oxygens (including phenoxy) is 1. The SMILES string of the molecule is CS(=O)(=O)c1cc(C(=O)NCCN2CCOCC2)c(NCc2ccco2)cc1Cl. The van der Waals surface area contributed by atoms with Gasteiger partial charge in [-0.05, 0) is 24.3 Å². The normalized spacial score (nSPS) is 15.2. The molecule has 0 unspecified atom stereocenters. The van der Waals surface area contributed by atoms with Gasteiger partial charge in [0, 0.05) is 38.1 Å². The molecule has 1 aromatic carbocycles. The maximum atomic E-state index is 12.8. The van der Waals surface area contributed by atoms with Crippen molar-refractivity contribution in [2.24, 2.45) is 0 Å². The molecule has 158 valence electrons. The predicted molar refractivity (Wildman–Crippen MR) is 110 cm³/mol. The van der Waals surface area contributed by atoms with E-state index in [1.165, 1.54) is 12.1 Å². The molecule has 2 heterocycles. The maximum absolute atomic E-state index is 12.8. The van der Waals surface area contributed by atoms with Crippen molar-refractivity contribution in [1.29, 1.82) is 0 Å². The van der Waals surface area contributed by atoms with Crippen molar-refractivity contribution < 1.29 is 22.4 Å². The molecule has 1 aliphatic heterocycles. The van der Waals surface area contributed by atoms with Crippen LogP contribution in [-0.4, -0.2) is 64.9 Å². The lowest BCUT2D eigenvalue weighted by Gasteiger charge is -2.26. The summed E-state index contributed by atoms with van der Waals surface area (Å²) < 4.78 is 34.7. The Hall–Kier alpha value is -2.07. The molecule has 10 heteroatoms. The number of carbonyl (C=O) groups is 1. The minimum atomic E-state index is -3.58. The number of carbonyl (C=O) groups excluding carboxylic acids is 1. The number of hydrogen-bond donors (Lipinski definition) is 2. The quantitative estimate of drug-likeness (QED) is 0.646. The molecule has 0 saturated carbocycles. The molecule has 0 radical (unpaired) electrons. The highest BCUT2D eigenvalue weighted by molar-refractivity contribution is 7.90. The summed E-state index contributed by atoms with van der Waals surface area (Å²) in [4.78, 5) is 14.9. The number of furan rings is 1. The maximum Gasteiger partial charge on any atom is 0.253 e. The monoisotopic (exact) mass is 441 g/mol.